The summed E-state index contributed by atoms with van der Waals surface area (Å²) < 4.78 is 7.08. The van der Waals surface area contributed by atoms with E-state index >= 15 is 0 Å². The smallest absolute Gasteiger partial charge is 0.309 e. The third kappa shape index (κ3) is 3.24. The molecule has 0 bridgehead atoms. The van der Waals surface area contributed by atoms with Gasteiger partial charge in [-0.05, 0) is 24.6 Å². The van der Waals surface area contributed by atoms with Crippen molar-refractivity contribution >= 4 is 16.9 Å². The number of aliphatic carboxylic acids is 1. The van der Waals surface area contributed by atoms with Gasteiger partial charge in [0.1, 0.15) is 5.75 Å². The van der Waals surface area contributed by atoms with E-state index in [9.17, 15) is 9.59 Å². The summed E-state index contributed by atoms with van der Waals surface area (Å²) in [6.45, 7) is 2.77. The Morgan fingerprint density at radius 3 is 2.71 bits per heavy atom. The Labute approximate surface area is 122 Å². The molecule has 0 aliphatic rings. The van der Waals surface area contributed by atoms with Crippen LogP contribution in [0.1, 0.15) is 25.5 Å². The van der Waals surface area contributed by atoms with Crippen LogP contribution in [-0.4, -0.2) is 22.8 Å². The van der Waals surface area contributed by atoms with Crippen molar-refractivity contribution < 1.29 is 14.6 Å². The Morgan fingerprint density at radius 2 is 2.10 bits per heavy atom. The molecule has 1 aromatic heterocycles. The fourth-order valence-corrected chi connectivity index (χ4v) is 2.42. The van der Waals surface area contributed by atoms with E-state index in [-0.39, 0.29) is 11.8 Å². The number of methoxy groups -OCH3 is 1. The number of hydrogen-bond donors (Lipinski definition) is 1. The number of carbonyl (C=O) groups is 1. The molecule has 21 heavy (non-hydrogen) atoms. The molecule has 5 nitrogen and oxygen atoms in total. The van der Waals surface area contributed by atoms with Gasteiger partial charge in [-0.1, -0.05) is 13.3 Å². The third-order valence-corrected chi connectivity index (χ3v) is 3.47. The van der Waals surface area contributed by atoms with E-state index < -0.39 is 5.97 Å². The summed E-state index contributed by atoms with van der Waals surface area (Å²) in [4.78, 5) is 23.2. The maximum Gasteiger partial charge on any atom is 0.309 e. The molecule has 0 fully saturated rings. The highest BCUT2D eigenvalue weighted by Gasteiger charge is 2.12. The zero-order chi connectivity index (χ0) is 15.4. The van der Waals surface area contributed by atoms with E-state index in [2.05, 4.69) is 6.92 Å². The minimum Gasteiger partial charge on any atom is -0.497 e. The highest BCUT2D eigenvalue weighted by Crippen LogP contribution is 2.20. The molecule has 1 heterocycles. The summed E-state index contributed by atoms with van der Waals surface area (Å²) in [6, 6.07) is 6.72. The van der Waals surface area contributed by atoms with Crippen molar-refractivity contribution in [1.29, 1.82) is 0 Å². The van der Waals surface area contributed by atoms with Crippen molar-refractivity contribution in [3.8, 4) is 5.75 Å². The monoisotopic (exact) mass is 289 g/mol. The van der Waals surface area contributed by atoms with Gasteiger partial charge in [0.2, 0.25) is 0 Å². The maximum absolute atomic E-state index is 12.2. The van der Waals surface area contributed by atoms with Gasteiger partial charge in [0.15, 0.2) is 5.43 Å². The average Bonchev–Trinajstić information content (AvgIpc) is 2.46. The van der Waals surface area contributed by atoms with Crippen LogP contribution in [0.15, 0.2) is 29.1 Å². The van der Waals surface area contributed by atoms with E-state index in [4.69, 9.17) is 9.84 Å². The first-order valence-corrected chi connectivity index (χ1v) is 6.99. The number of carboxylic acid groups (broad SMARTS) is 1. The molecule has 0 spiro atoms. The molecule has 0 saturated carbocycles. The van der Waals surface area contributed by atoms with Crippen molar-refractivity contribution in [3.05, 3.63) is 40.2 Å². The van der Waals surface area contributed by atoms with Gasteiger partial charge < -0.3 is 14.4 Å². The first kappa shape index (κ1) is 15.1. The molecule has 0 radical (unpaired) electrons. The van der Waals surface area contributed by atoms with Crippen molar-refractivity contribution in [1.82, 2.24) is 4.57 Å². The standard InChI is InChI=1S/C16H19NO4/c1-3-4-7-17-11(9-16(19)20)8-15(18)13-10-12(21-2)5-6-14(13)17/h5-6,8,10H,3-4,7,9H2,1-2H3,(H,19,20). The predicted octanol–water partition coefficient (Wildman–Crippen LogP) is 2.44. The van der Waals surface area contributed by atoms with Crippen LogP contribution >= 0.6 is 0 Å². The molecule has 0 saturated heterocycles. The maximum atomic E-state index is 12.2. The zero-order valence-electron chi connectivity index (χ0n) is 12.3. The molecule has 0 aliphatic carbocycles. The Hall–Kier alpha value is -2.30. The second kappa shape index (κ2) is 6.43. The van der Waals surface area contributed by atoms with Gasteiger partial charge in [-0.3, -0.25) is 9.59 Å². The number of rotatable bonds is 6. The average molecular weight is 289 g/mol. The predicted molar refractivity (Wildman–Crippen MR) is 81.0 cm³/mol. The van der Waals surface area contributed by atoms with E-state index in [0.29, 0.717) is 23.4 Å². The van der Waals surface area contributed by atoms with Crippen molar-refractivity contribution in [2.45, 2.75) is 32.7 Å². The van der Waals surface area contributed by atoms with Crippen LogP contribution in [0.2, 0.25) is 0 Å². The van der Waals surface area contributed by atoms with Crippen molar-refractivity contribution in [2.75, 3.05) is 7.11 Å². The fraction of sp³-hybridized carbons (Fsp3) is 0.375. The Bertz CT molecular complexity index is 718. The number of pyridine rings is 1. The fourth-order valence-electron chi connectivity index (χ4n) is 2.42. The van der Waals surface area contributed by atoms with Crippen molar-refractivity contribution in [3.63, 3.8) is 0 Å². The number of hydrogen-bond acceptors (Lipinski definition) is 3. The molecule has 112 valence electrons. The van der Waals surface area contributed by atoms with Gasteiger partial charge in [-0.2, -0.15) is 0 Å². The zero-order valence-corrected chi connectivity index (χ0v) is 12.3. The van der Waals surface area contributed by atoms with Crippen molar-refractivity contribution in [2.24, 2.45) is 0 Å². The lowest BCUT2D eigenvalue weighted by molar-refractivity contribution is -0.136. The molecule has 1 N–H and O–H groups in total. The SMILES string of the molecule is CCCCn1c(CC(=O)O)cc(=O)c2cc(OC)ccc21. The van der Waals surface area contributed by atoms with Gasteiger partial charge >= 0.3 is 5.97 Å². The molecule has 0 unspecified atom stereocenters. The van der Waals surface area contributed by atoms with Crippen LogP contribution in [0.3, 0.4) is 0 Å². The molecule has 5 heteroatoms. The lowest BCUT2D eigenvalue weighted by Gasteiger charge is -2.16. The van der Waals surface area contributed by atoms with Gasteiger partial charge in [-0.25, -0.2) is 0 Å². The number of carboxylic acids is 1. The molecule has 0 aliphatic heterocycles. The number of ether oxygens (including phenoxy) is 1. The normalized spacial score (nSPS) is 10.8. The molecular weight excluding hydrogens is 270 g/mol. The van der Waals surface area contributed by atoms with Crippen LogP contribution in [0.4, 0.5) is 0 Å². The third-order valence-electron chi connectivity index (χ3n) is 3.47. The highest BCUT2D eigenvalue weighted by atomic mass is 16.5. The Balaban J connectivity index is 2.67. The summed E-state index contributed by atoms with van der Waals surface area (Å²) in [7, 11) is 1.55. The van der Waals surface area contributed by atoms with E-state index in [1.165, 1.54) is 6.07 Å². The summed E-state index contributed by atoms with van der Waals surface area (Å²) in [5.41, 5.74) is 1.12. The molecule has 2 aromatic rings. The lowest BCUT2D eigenvalue weighted by Crippen LogP contribution is -2.17. The Morgan fingerprint density at radius 1 is 1.33 bits per heavy atom. The number of aryl methyl sites for hydroxylation is 1. The molecule has 2 rings (SSSR count). The van der Waals surface area contributed by atoms with E-state index in [1.54, 1.807) is 19.2 Å². The summed E-state index contributed by atoms with van der Waals surface area (Å²) in [5.74, 6) is -0.319. The number of unbranched alkanes of at least 4 members (excludes halogenated alkanes) is 1. The van der Waals surface area contributed by atoms with Crippen LogP contribution in [0, 0.1) is 0 Å². The van der Waals surface area contributed by atoms with E-state index in [1.807, 2.05) is 10.6 Å². The van der Waals surface area contributed by atoms with Gasteiger partial charge in [-0.15, -0.1) is 0 Å². The molecule has 0 atom stereocenters. The largest absolute Gasteiger partial charge is 0.497 e. The minimum absolute atomic E-state index is 0.152. The summed E-state index contributed by atoms with van der Waals surface area (Å²) >= 11 is 0. The second-order valence-electron chi connectivity index (χ2n) is 4.96. The lowest BCUT2D eigenvalue weighted by atomic mass is 10.1. The van der Waals surface area contributed by atoms with Crippen LogP contribution < -0.4 is 10.2 Å². The van der Waals surface area contributed by atoms with Crippen LogP contribution in [0.5, 0.6) is 5.75 Å². The summed E-state index contributed by atoms with van der Waals surface area (Å²) in [5, 5.41) is 9.58. The minimum atomic E-state index is -0.937. The van der Waals surface area contributed by atoms with Crippen LogP contribution in [0.25, 0.3) is 10.9 Å². The summed E-state index contributed by atoms with van der Waals surface area (Å²) in [6.07, 6.45) is 1.77. The van der Waals surface area contributed by atoms with Gasteiger partial charge in [0.25, 0.3) is 0 Å². The number of fused-ring (bicyclic) bond motifs is 1. The van der Waals surface area contributed by atoms with Crippen LogP contribution in [-0.2, 0) is 17.8 Å². The van der Waals surface area contributed by atoms with Gasteiger partial charge in [0.05, 0.1) is 19.0 Å². The first-order chi connectivity index (χ1) is 10.1. The molecule has 0 amide bonds. The van der Waals surface area contributed by atoms with E-state index in [0.717, 1.165) is 18.4 Å². The second-order valence-corrected chi connectivity index (χ2v) is 4.96. The molecule has 1 aromatic carbocycles. The quantitative estimate of drug-likeness (QED) is 0.886. The number of benzene rings is 1. The number of aromatic nitrogens is 1. The Kier molecular flexibility index (Phi) is 4.62. The molecular formula is C16H19NO4. The first-order valence-electron chi connectivity index (χ1n) is 6.99. The number of nitrogens with zero attached hydrogens (tertiary/aromatic N) is 1. The topological polar surface area (TPSA) is 68.5 Å². The highest BCUT2D eigenvalue weighted by molar-refractivity contribution is 5.82. The van der Waals surface area contributed by atoms with Gasteiger partial charge in [0, 0.05) is 23.7 Å².